The van der Waals surface area contributed by atoms with E-state index in [1.165, 1.54) is 15.3 Å². The van der Waals surface area contributed by atoms with Crippen molar-refractivity contribution >= 4 is 43.2 Å². The van der Waals surface area contributed by atoms with Crippen LogP contribution in [-0.2, 0) is 0 Å². The maximum Gasteiger partial charge on any atom is 0.133 e. The molecule has 19 heavy (non-hydrogen) atoms. The Labute approximate surface area is 134 Å². The van der Waals surface area contributed by atoms with Crippen LogP contribution >= 0.6 is 43.2 Å². The standard InChI is InChI=1S/C14H15Br2NOS/c1-8-6-11(16)14(19-8)13(17-2)9-4-5-12(18-3)10(15)7-9/h4-7,13,17H,1-3H3. The van der Waals surface area contributed by atoms with Gasteiger partial charge in [0.15, 0.2) is 0 Å². The van der Waals surface area contributed by atoms with Crippen LogP contribution in [0.1, 0.15) is 21.4 Å². The van der Waals surface area contributed by atoms with Gasteiger partial charge in [-0.15, -0.1) is 11.3 Å². The summed E-state index contributed by atoms with van der Waals surface area (Å²) >= 11 is 8.98. The minimum atomic E-state index is 0.176. The maximum atomic E-state index is 5.27. The lowest BCUT2D eigenvalue weighted by molar-refractivity contribution is 0.412. The monoisotopic (exact) mass is 403 g/mol. The van der Waals surface area contributed by atoms with Crippen molar-refractivity contribution in [1.82, 2.24) is 5.32 Å². The van der Waals surface area contributed by atoms with E-state index >= 15 is 0 Å². The Morgan fingerprint density at radius 3 is 2.42 bits per heavy atom. The quantitative estimate of drug-likeness (QED) is 0.782. The Balaban J connectivity index is 2.42. The molecular formula is C14H15Br2NOS. The number of halogens is 2. The molecule has 0 amide bonds. The van der Waals surface area contributed by atoms with Gasteiger partial charge in [-0.3, -0.25) is 0 Å². The molecule has 0 saturated carbocycles. The van der Waals surface area contributed by atoms with Crippen LogP contribution in [0.4, 0.5) is 0 Å². The minimum Gasteiger partial charge on any atom is -0.496 e. The summed E-state index contributed by atoms with van der Waals surface area (Å²) in [6, 6.07) is 8.50. The van der Waals surface area contributed by atoms with Crippen molar-refractivity contribution in [2.45, 2.75) is 13.0 Å². The van der Waals surface area contributed by atoms with Crippen LogP contribution < -0.4 is 10.1 Å². The van der Waals surface area contributed by atoms with Crippen molar-refractivity contribution in [2.75, 3.05) is 14.2 Å². The molecule has 0 aliphatic heterocycles. The summed E-state index contributed by atoms with van der Waals surface area (Å²) in [6.45, 7) is 2.12. The lowest BCUT2D eigenvalue weighted by Crippen LogP contribution is -2.16. The molecule has 5 heteroatoms. The van der Waals surface area contributed by atoms with Crippen molar-refractivity contribution in [1.29, 1.82) is 0 Å². The molecule has 0 bridgehead atoms. The summed E-state index contributed by atoms with van der Waals surface area (Å²) in [4.78, 5) is 2.59. The van der Waals surface area contributed by atoms with E-state index in [0.717, 1.165) is 14.7 Å². The number of rotatable bonds is 4. The van der Waals surface area contributed by atoms with Crippen LogP contribution in [0.2, 0.25) is 0 Å². The van der Waals surface area contributed by atoms with Gasteiger partial charge in [-0.05, 0) is 69.6 Å². The number of nitrogens with one attached hydrogen (secondary N) is 1. The number of methoxy groups -OCH3 is 1. The van der Waals surface area contributed by atoms with Crippen LogP contribution in [-0.4, -0.2) is 14.2 Å². The third-order valence-electron chi connectivity index (χ3n) is 2.90. The van der Waals surface area contributed by atoms with Gasteiger partial charge in [0.05, 0.1) is 17.6 Å². The van der Waals surface area contributed by atoms with Crippen molar-refractivity contribution in [3.05, 3.63) is 48.5 Å². The van der Waals surface area contributed by atoms with Gasteiger partial charge in [0.2, 0.25) is 0 Å². The highest BCUT2D eigenvalue weighted by Gasteiger charge is 2.18. The largest absolute Gasteiger partial charge is 0.496 e. The van der Waals surface area contributed by atoms with E-state index in [1.807, 2.05) is 13.1 Å². The summed E-state index contributed by atoms with van der Waals surface area (Å²) in [5.74, 6) is 0.847. The van der Waals surface area contributed by atoms with Gasteiger partial charge in [-0.25, -0.2) is 0 Å². The fourth-order valence-corrected chi connectivity index (χ4v) is 4.59. The lowest BCUT2D eigenvalue weighted by atomic mass is 10.1. The highest BCUT2D eigenvalue weighted by molar-refractivity contribution is 9.10. The average molecular weight is 405 g/mol. The molecule has 1 N–H and O–H groups in total. The zero-order valence-electron chi connectivity index (χ0n) is 11.0. The zero-order chi connectivity index (χ0) is 14.0. The molecule has 1 aromatic carbocycles. The smallest absolute Gasteiger partial charge is 0.133 e. The van der Waals surface area contributed by atoms with E-state index in [0.29, 0.717) is 0 Å². The third-order valence-corrected chi connectivity index (χ3v) is 5.55. The number of aryl methyl sites for hydroxylation is 1. The summed E-state index contributed by atoms with van der Waals surface area (Å²) in [5, 5.41) is 3.37. The SMILES string of the molecule is CNC(c1ccc(OC)c(Br)c1)c1sc(C)cc1Br. The van der Waals surface area contributed by atoms with E-state index in [2.05, 4.69) is 62.3 Å². The molecule has 2 aromatic rings. The molecule has 2 nitrogen and oxygen atoms in total. The Kier molecular flexibility index (Phi) is 5.06. The lowest BCUT2D eigenvalue weighted by Gasteiger charge is -2.17. The van der Waals surface area contributed by atoms with Gasteiger partial charge in [0, 0.05) is 14.2 Å². The van der Waals surface area contributed by atoms with Crippen LogP contribution in [0.25, 0.3) is 0 Å². The van der Waals surface area contributed by atoms with Crippen molar-refractivity contribution < 1.29 is 4.74 Å². The number of ether oxygens (including phenoxy) is 1. The molecule has 0 spiro atoms. The van der Waals surface area contributed by atoms with Crippen LogP contribution in [0.15, 0.2) is 33.2 Å². The number of thiophene rings is 1. The maximum absolute atomic E-state index is 5.27. The fraction of sp³-hybridized carbons (Fsp3) is 0.286. The van der Waals surface area contributed by atoms with E-state index in [-0.39, 0.29) is 6.04 Å². The van der Waals surface area contributed by atoms with Crippen molar-refractivity contribution in [3.8, 4) is 5.75 Å². The Morgan fingerprint density at radius 2 is 1.95 bits per heavy atom. The molecule has 1 heterocycles. The Hall–Kier alpha value is -0.360. The minimum absolute atomic E-state index is 0.176. The predicted octanol–water partition coefficient (Wildman–Crippen LogP) is 4.90. The number of benzene rings is 1. The second-order valence-corrected chi connectivity index (χ2v) is 7.18. The first-order valence-electron chi connectivity index (χ1n) is 5.83. The van der Waals surface area contributed by atoms with Gasteiger partial charge in [0.25, 0.3) is 0 Å². The van der Waals surface area contributed by atoms with Gasteiger partial charge in [-0.1, -0.05) is 6.07 Å². The highest BCUT2D eigenvalue weighted by Crippen LogP contribution is 2.37. The van der Waals surface area contributed by atoms with Gasteiger partial charge in [0.1, 0.15) is 5.75 Å². The Morgan fingerprint density at radius 1 is 1.21 bits per heavy atom. The van der Waals surface area contributed by atoms with Crippen LogP contribution in [0.3, 0.4) is 0 Å². The third kappa shape index (κ3) is 3.21. The predicted molar refractivity (Wildman–Crippen MR) is 88.4 cm³/mol. The summed E-state index contributed by atoms with van der Waals surface area (Å²) in [6.07, 6.45) is 0. The van der Waals surface area contributed by atoms with E-state index in [1.54, 1.807) is 18.4 Å². The Bertz CT molecular complexity index is 583. The molecule has 0 aliphatic carbocycles. The first kappa shape index (κ1) is 15.0. The first-order chi connectivity index (χ1) is 9.06. The summed E-state index contributed by atoms with van der Waals surface area (Å²) < 4.78 is 7.40. The fourth-order valence-electron chi connectivity index (χ4n) is 2.01. The molecule has 2 rings (SSSR count). The molecular weight excluding hydrogens is 390 g/mol. The zero-order valence-corrected chi connectivity index (χ0v) is 14.9. The molecule has 102 valence electrons. The van der Waals surface area contributed by atoms with Crippen molar-refractivity contribution in [2.24, 2.45) is 0 Å². The molecule has 0 aliphatic rings. The van der Waals surface area contributed by atoms with E-state index < -0.39 is 0 Å². The van der Waals surface area contributed by atoms with Crippen LogP contribution in [0.5, 0.6) is 5.75 Å². The number of hydrogen-bond donors (Lipinski definition) is 1. The van der Waals surface area contributed by atoms with Crippen molar-refractivity contribution in [3.63, 3.8) is 0 Å². The molecule has 1 atom stereocenters. The summed E-state index contributed by atoms with van der Waals surface area (Å²) in [7, 11) is 3.65. The second-order valence-electron chi connectivity index (χ2n) is 4.18. The molecule has 1 unspecified atom stereocenters. The first-order valence-corrected chi connectivity index (χ1v) is 8.23. The van der Waals surface area contributed by atoms with Crippen LogP contribution in [0, 0.1) is 6.92 Å². The van der Waals surface area contributed by atoms with Gasteiger partial charge < -0.3 is 10.1 Å². The average Bonchev–Trinajstić information content (AvgIpc) is 2.70. The topological polar surface area (TPSA) is 21.3 Å². The molecule has 0 saturated heterocycles. The number of hydrogen-bond acceptors (Lipinski definition) is 3. The van der Waals surface area contributed by atoms with Gasteiger partial charge >= 0.3 is 0 Å². The second kappa shape index (κ2) is 6.39. The highest BCUT2D eigenvalue weighted by atomic mass is 79.9. The van der Waals surface area contributed by atoms with E-state index in [4.69, 9.17) is 4.74 Å². The molecule has 1 aromatic heterocycles. The summed E-state index contributed by atoms with van der Waals surface area (Å²) in [5.41, 5.74) is 1.21. The normalized spacial score (nSPS) is 12.5. The molecule has 0 radical (unpaired) electrons. The van der Waals surface area contributed by atoms with Gasteiger partial charge in [-0.2, -0.15) is 0 Å². The molecule has 0 fully saturated rings. The van der Waals surface area contributed by atoms with E-state index in [9.17, 15) is 0 Å².